The van der Waals surface area contributed by atoms with Crippen LogP contribution in [0, 0.1) is 13.8 Å². The summed E-state index contributed by atoms with van der Waals surface area (Å²) >= 11 is 7.81. The van der Waals surface area contributed by atoms with Gasteiger partial charge in [-0.1, -0.05) is 17.7 Å². The topological polar surface area (TPSA) is 54.9 Å². The second kappa shape index (κ2) is 7.76. The van der Waals surface area contributed by atoms with Crippen LogP contribution >= 0.6 is 22.9 Å². The average molecular weight is 372 g/mol. The molecule has 0 aliphatic carbocycles. The lowest BCUT2D eigenvalue weighted by Gasteiger charge is -2.11. The molecular weight excluding hydrogens is 354 g/mol. The number of anilines is 1. The summed E-state index contributed by atoms with van der Waals surface area (Å²) in [4.78, 5) is 20.9. The van der Waals surface area contributed by atoms with E-state index < -0.39 is 0 Å². The summed E-state index contributed by atoms with van der Waals surface area (Å²) < 4.78 is 0. The van der Waals surface area contributed by atoms with Crippen molar-refractivity contribution in [3.8, 4) is 10.6 Å². The van der Waals surface area contributed by atoms with Crippen molar-refractivity contribution in [1.82, 2.24) is 9.97 Å². The van der Waals surface area contributed by atoms with E-state index in [-0.39, 0.29) is 5.91 Å². The molecule has 0 atom stereocenters. The Morgan fingerprint density at radius 3 is 2.72 bits per heavy atom. The van der Waals surface area contributed by atoms with Gasteiger partial charge in [-0.3, -0.25) is 9.78 Å². The Morgan fingerprint density at radius 2 is 2.00 bits per heavy atom. The van der Waals surface area contributed by atoms with Crippen molar-refractivity contribution in [1.29, 1.82) is 0 Å². The van der Waals surface area contributed by atoms with Gasteiger partial charge in [0.05, 0.1) is 16.4 Å². The summed E-state index contributed by atoms with van der Waals surface area (Å²) in [6.07, 6.45) is 4.45. The lowest BCUT2D eigenvalue weighted by molar-refractivity contribution is -0.116. The van der Waals surface area contributed by atoms with Gasteiger partial charge in [-0.05, 0) is 49.6 Å². The van der Waals surface area contributed by atoms with Crippen molar-refractivity contribution in [3.05, 3.63) is 63.9 Å². The zero-order chi connectivity index (χ0) is 17.8. The van der Waals surface area contributed by atoms with Crippen LogP contribution in [0.15, 0.2) is 42.0 Å². The molecule has 0 bridgehead atoms. The number of rotatable bonds is 5. The molecular formula is C19H18ClN3OS. The molecule has 2 heterocycles. The fraction of sp³-hybridized carbons (Fsp3) is 0.211. The number of benzene rings is 1. The smallest absolute Gasteiger partial charge is 0.224 e. The van der Waals surface area contributed by atoms with Gasteiger partial charge >= 0.3 is 0 Å². The highest BCUT2D eigenvalue weighted by atomic mass is 35.5. The quantitative estimate of drug-likeness (QED) is 0.683. The first-order chi connectivity index (χ1) is 12.0. The predicted octanol–water partition coefficient (Wildman–Crippen LogP) is 5.05. The van der Waals surface area contributed by atoms with Crippen molar-refractivity contribution in [2.45, 2.75) is 26.7 Å². The first kappa shape index (κ1) is 17.6. The third kappa shape index (κ3) is 4.44. The van der Waals surface area contributed by atoms with E-state index in [0.29, 0.717) is 23.6 Å². The third-order valence-electron chi connectivity index (χ3n) is 3.78. The third-order valence-corrected chi connectivity index (χ3v) is 5.02. The molecule has 3 aromatic rings. The molecule has 0 aliphatic rings. The Hall–Kier alpha value is -2.24. The molecule has 128 valence electrons. The molecule has 0 aliphatic heterocycles. The summed E-state index contributed by atoms with van der Waals surface area (Å²) in [6.45, 7) is 3.92. The molecule has 0 unspecified atom stereocenters. The van der Waals surface area contributed by atoms with Gasteiger partial charge in [0, 0.05) is 29.8 Å². The lowest BCUT2D eigenvalue weighted by atomic mass is 10.1. The van der Waals surface area contributed by atoms with Crippen LogP contribution < -0.4 is 5.32 Å². The molecule has 0 saturated carbocycles. The van der Waals surface area contributed by atoms with E-state index in [9.17, 15) is 4.79 Å². The van der Waals surface area contributed by atoms with E-state index in [2.05, 4.69) is 15.3 Å². The number of hydrogen-bond acceptors (Lipinski definition) is 4. The Bertz CT molecular complexity index is 870. The maximum atomic E-state index is 12.2. The van der Waals surface area contributed by atoms with Crippen molar-refractivity contribution in [2.24, 2.45) is 0 Å². The summed E-state index contributed by atoms with van der Waals surface area (Å²) in [5.74, 6) is -0.0627. The number of nitrogens with zero attached hydrogens (tertiary/aromatic N) is 2. The summed E-state index contributed by atoms with van der Waals surface area (Å²) in [5.41, 5.74) is 4.68. The molecule has 0 spiro atoms. The highest BCUT2D eigenvalue weighted by molar-refractivity contribution is 7.13. The summed E-state index contributed by atoms with van der Waals surface area (Å²) in [7, 11) is 0. The van der Waals surface area contributed by atoms with Gasteiger partial charge in [-0.15, -0.1) is 11.3 Å². The van der Waals surface area contributed by atoms with Crippen LogP contribution in [0.1, 0.15) is 23.2 Å². The number of amides is 1. The number of aromatic nitrogens is 2. The fourth-order valence-corrected chi connectivity index (χ4v) is 3.80. The van der Waals surface area contributed by atoms with Gasteiger partial charge in [-0.25, -0.2) is 4.98 Å². The van der Waals surface area contributed by atoms with Crippen LogP contribution in [-0.2, 0) is 11.2 Å². The molecule has 4 nitrogen and oxygen atoms in total. The van der Waals surface area contributed by atoms with Crippen molar-refractivity contribution in [2.75, 3.05) is 5.32 Å². The monoisotopic (exact) mass is 371 g/mol. The predicted molar refractivity (Wildman–Crippen MR) is 103 cm³/mol. The Morgan fingerprint density at radius 1 is 1.24 bits per heavy atom. The van der Waals surface area contributed by atoms with E-state index >= 15 is 0 Å². The van der Waals surface area contributed by atoms with Crippen molar-refractivity contribution in [3.63, 3.8) is 0 Å². The lowest BCUT2D eigenvalue weighted by Crippen LogP contribution is -2.13. The average Bonchev–Trinajstić information content (AvgIpc) is 3.06. The zero-order valence-electron chi connectivity index (χ0n) is 14.0. The molecule has 25 heavy (non-hydrogen) atoms. The number of carbonyl (C=O) groups excluding carboxylic acids is 1. The maximum absolute atomic E-state index is 12.2. The summed E-state index contributed by atoms with van der Waals surface area (Å²) in [5, 5.41) is 6.41. The standard InChI is InChI=1S/C19H18ClN3OS/c1-12-9-13(2)18(16(20)10-12)23-17(24)4-3-15-11-25-19(22-15)14-5-7-21-8-6-14/h5-11H,3-4H2,1-2H3,(H,23,24). The van der Waals surface area contributed by atoms with Crippen LogP contribution in [0.2, 0.25) is 5.02 Å². The minimum atomic E-state index is -0.0627. The minimum absolute atomic E-state index is 0.0627. The van der Waals surface area contributed by atoms with E-state index in [1.54, 1.807) is 23.7 Å². The molecule has 0 fully saturated rings. The van der Waals surface area contributed by atoms with Crippen molar-refractivity contribution < 1.29 is 4.79 Å². The second-order valence-corrected chi connectivity index (χ2v) is 7.13. The van der Waals surface area contributed by atoms with Gasteiger partial charge in [0.15, 0.2) is 0 Å². The largest absolute Gasteiger partial charge is 0.325 e. The molecule has 0 saturated heterocycles. The Labute approximate surface area is 155 Å². The van der Waals surface area contributed by atoms with Gasteiger partial charge in [0.2, 0.25) is 5.91 Å². The molecule has 2 aromatic heterocycles. The minimum Gasteiger partial charge on any atom is -0.325 e. The van der Waals surface area contributed by atoms with E-state index in [1.807, 2.05) is 43.5 Å². The van der Waals surface area contributed by atoms with Gasteiger partial charge in [-0.2, -0.15) is 0 Å². The number of nitrogens with one attached hydrogen (secondary N) is 1. The molecule has 3 rings (SSSR count). The number of aryl methyl sites for hydroxylation is 3. The highest BCUT2D eigenvalue weighted by Crippen LogP contribution is 2.28. The Kier molecular flexibility index (Phi) is 5.46. The number of halogens is 1. The molecule has 1 N–H and O–H groups in total. The zero-order valence-corrected chi connectivity index (χ0v) is 15.6. The second-order valence-electron chi connectivity index (χ2n) is 5.87. The number of hydrogen-bond donors (Lipinski definition) is 1. The van der Waals surface area contributed by atoms with Gasteiger partial charge in [0.1, 0.15) is 5.01 Å². The fourth-order valence-electron chi connectivity index (χ4n) is 2.57. The number of carbonyl (C=O) groups is 1. The first-order valence-electron chi connectivity index (χ1n) is 7.94. The molecule has 0 radical (unpaired) electrons. The van der Waals surface area contributed by atoms with Crippen LogP contribution in [0.4, 0.5) is 5.69 Å². The number of thiazole rings is 1. The maximum Gasteiger partial charge on any atom is 0.224 e. The summed E-state index contributed by atoms with van der Waals surface area (Å²) in [6, 6.07) is 7.71. The Balaban J connectivity index is 1.61. The molecule has 1 amide bonds. The van der Waals surface area contributed by atoms with Gasteiger partial charge in [0.25, 0.3) is 0 Å². The number of pyridine rings is 1. The van der Waals surface area contributed by atoms with Gasteiger partial charge < -0.3 is 5.32 Å². The SMILES string of the molecule is Cc1cc(C)c(NC(=O)CCc2csc(-c3ccncc3)n2)c(Cl)c1. The van der Waals surface area contributed by atoms with Crippen LogP contribution in [0.5, 0.6) is 0 Å². The van der Waals surface area contributed by atoms with E-state index in [0.717, 1.165) is 27.4 Å². The first-order valence-corrected chi connectivity index (χ1v) is 9.20. The van der Waals surface area contributed by atoms with Crippen molar-refractivity contribution >= 4 is 34.5 Å². The molecule has 1 aromatic carbocycles. The normalized spacial score (nSPS) is 10.7. The van der Waals surface area contributed by atoms with E-state index in [4.69, 9.17) is 11.6 Å². The van der Waals surface area contributed by atoms with Crippen LogP contribution in [0.3, 0.4) is 0 Å². The molecule has 6 heteroatoms. The highest BCUT2D eigenvalue weighted by Gasteiger charge is 2.11. The van der Waals surface area contributed by atoms with E-state index in [1.165, 1.54) is 0 Å². The van der Waals surface area contributed by atoms with Crippen LogP contribution in [-0.4, -0.2) is 15.9 Å². The van der Waals surface area contributed by atoms with Crippen LogP contribution in [0.25, 0.3) is 10.6 Å².